The fourth-order valence-electron chi connectivity index (χ4n) is 2.96. The molecule has 0 radical (unpaired) electrons. The molecule has 130 valence electrons. The zero-order chi connectivity index (χ0) is 16.9. The van der Waals surface area contributed by atoms with Crippen molar-refractivity contribution in [2.45, 2.75) is 56.4 Å². The van der Waals surface area contributed by atoms with E-state index in [0.29, 0.717) is 17.0 Å². The van der Waals surface area contributed by atoms with Crippen LogP contribution in [0.5, 0.6) is 0 Å². The molecule has 7 heteroatoms. The van der Waals surface area contributed by atoms with Crippen LogP contribution in [-0.4, -0.2) is 27.9 Å². The van der Waals surface area contributed by atoms with Gasteiger partial charge in [-0.1, -0.05) is 31.0 Å². The van der Waals surface area contributed by atoms with E-state index in [1.165, 1.54) is 43.9 Å². The van der Waals surface area contributed by atoms with Crippen LogP contribution in [0.4, 0.5) is 0 Å². The van der Waals surface area contributed by atoms with Gasteiger partial charge in [-0.25, -0.2) is 0 Å². The molecule has 1 amide bonds. The lowest BCUT2D eigenvalue weighted by atomic mass is 9.89. The van der Waals surface area contributed by atoms with Crippen molar-refractivity contribution >= 4 is 17.7 Å². The minimum Gasteiger partial charge on any atom is -0.469 e. The highest BCUT2D eigenvalue weighted by molar-refractivity contribution is 8.00. The third kappa shape index (κ3) is 4.20. The number of amides is 1. The van der Waals surface area contributed by atoms with Gasteiger partial charge in [-0.2, -0.15) is 0 Å². The fraction of sp³-hybridized carbons (Fsp3) is 0.588. The number of rotatable bonds is 6. The highest BCUT2D eigenvalue weighted by Crippen LogP contribution is 2.28. The highest BCUT2D eigenvalue weighted by Gasteiger charge is 2.21. The summed E-state index contributed by atoms with van der Waals surface area (Å²) in [7, 11) is 0. The monoisotopic (exact) mass is 349 g/mol. The van der Waals surface area contributed by atoms with Crippen LogP contribution < -0.4 is 5.32 Å². The molecular formula is C17H23N3O3S. The van der Waals surface area contributed by atoms with Crippen molar-refractivity contribution in [2.75, 3.05) is 6.54 Å². The first-order valence-corrected chi connectivity index (χ1v) is 9.34. The standard InChI is InChI=1S/C17H23N3O3S/c1-11-14(8-9-22-11)16-19-20-17(23-16)24-12(2)15(21)18-10-13-6-4-3-5-7-13/h8-9,12-13H,3-7,10H2,1-2H3,(H,18,21)/t12-/m1/s1. The Labute approximate surface area is 145 Å². The summed E-state index contributed by atoms with van der Waals surface area (Å²) in [5.41, 5.74) is 0.781. The van der Waals surface area contributed by atoms with E-state index in [1.54, 1.807) is 12.3 Å². The summed E-state index contributed by atoms with van der Waals surface area (Å²) in [6, 6.07) is 1.79. The van der Waals surface area contributed by atoms with Crippen molar-refractivity contribution in [2.24, 2.45) is 5.92 Å². The molecule has 2 aromatic rings. The number of nitrogens with one attached hydrogen (secondary N) is 1. The van der Waals surface area contributed by atoms with Crippen LogP contribution in [0.25, 0.3) is 11.5 Å². The molecule has 0 bridgehead atoms. The molecule has 2 aromatic heterocycles. The van der Waals surface area contributed by atoms with E-state index in [-0.39, 0.29) is 11.2 Å². The summed E-state index contributed by atoms with van der Waals surface area (Å²) < 4.78 is 10.9. The summed E-state index contributed by atoms with van der Waals surface area (Å²) in [6.07, 6.45) is 7.92. The summed E-state index contributed by atoms with van der Waals surface area (Å²) in [5, 5.41) is 11.2. The number of carbonyl (C=O) groups is 1. The van der Waals surface area contributed by atoms with Crippen molar-refractivity contribution in [3.05, 3.63) is 18.1 Å². The minimum absolute atomic E-state index is 0.0183. The Morgan fingerprint density at radius 3 is 2.88 bits per heavy atom. The molecule has 2 heterocycles. The molecule has 0 unspecified atom stereocenters. The highest BCUT2D eigenvalue weighted by atomic mass is 32.2. The number of furan rings is 1. The molecule has 1 saturated carbocycles. The van der Waals surface area contributed by atoms with Crippen molar-refractivity contribution in [1.29, 1.82) is 0 Å². The maximum atomic E-state index is 12.2. The van der Waals surface area contributed by atoms with E-state index in [0.717, 1.165) is 17.9 Å². The second kappa shape index (κ2) is 7.88. The van der Waals surface area contributed by atoms with E-state index >= 15 is 0 Å². The quantitative estimate of drug-likeness (QED) is 0.799. The molecule has 1 aliphatic rings. The maximum absolute atomic E-state index is 12.2. The van der Waals surface area contributed by atoms with E-state index in [2.05, 4.69) is 15.5 Å². The summed E-state index contributed by atoms with van der Waals surface area (Å²) >= 11 is 1.28. The van der Waals surface area contributed by atoms with Crippen LogP contribution in [0.2, 0.25) is 0 Å². The molecule has 1 aliphatic carbocycles. The Morgan fingerprint density at radius 2 is 2.17 bits per heavy atom. The number of aromatic nitrogens is 2. The Bertz CT molecular complexity index is 676. The minimum atomic E-state index is -0.271. The lowest BCUT2D eigenvalue weighted by Crippen LogP contribution is -2.35. The Morgan fingerprint density at radius 1 is 1.38 bits per heavy atom. The first-order chi connectivity index (χ1) is 11.6. The summed E-state index contributed by atoms with van der Waals surface area (Å²) in [5.74, 6) is 1.79. The predicted octanol–water partition coefficient (Wildman–Crippen LogP) is 3.82. The lowest BCUT2D eigenvalue weighted by Gasteiger charge is -2.22. The molecule has 3 rings (SSSR count). The van der Waals surface area contributed by atoms with Crippen LogP contribution in [0.15, 0.2) is 26.4 Å². The van der Waals surface area contributed by atoms with Crippen molar-refractivity contribution in [3.8, 4) is 11.5 Å². The molecule has 1 fully saturated rings. The van der Waals surface area contributed by atoms with Gasteiger partial charge in [-0.15, -0.1) is 10.2 Å². The van der Waals surface area contributed by atoms with Crippen LogP contribution in [0.1, 0.15) is 44.8 Å². The van der Waals surface area contributed by atoms with Gasteiger partial charge in [0.1, 0.15) is 5.76 Å². The van der Waals surface area contributed by atoms with Gasteiger partial charge >= 0.3 is 0 Å². The number of hydrogen-bond donors (Lipinski definition) is 1. The summed E-state index contributed by atoms with van der Waals surface area (Å²) in [4.78, 5) is 12.2. The smallest absolute Gasteiger partial charge is 0.277 e. The van der Waals surface area contributed by atoms with Gasteiger partial charge in [0.05, 0.1) is 17.1 Å². The average Bonchev–Trinajstić information content (AvgIpc) is 3.22. The zero-order valence-corrected chi connectivity index (χ0v) is 14.9. The molecule has 24 heavy (non-hydrogen) atoms. The zero-order valence-electron chi connectivity index (χ0n) is 14.1. The average molecular weight is 349 g/mol. The molecule has 0 saturated heterocycles. The largest absolute Gasteiger partial charge is 0.469 e. The van der Waals surface area contributed by atoms with Gasteiger partial charge in [0.25, 0.3) is 11.1 Å². The predicted molar refractivity (Wildman–Crippen MR) is 91.6 cm³/mol. The van der Waals surface area contributed by atoms with Gasteiger partial charge < -0.3 is 14.2 Å². The van der Waals surface area contributed by atoms with Crippen LogP contribution in [0, 0.1) is 12.8 Å². The van der Waals surface area contributed by atoms with Crippen molar-refractivity contribution in [3.63, 3.8) is 0 Å². The lowest BCUT2D eigenvalue weighted by molar-refractivity contribution is -0.120. The normalized spacial score (nSPS) is 16.9. The summed E-state index contributed by atoms with van der Waals surface area (Å²) in [6.45, 7) is 4.47. The number of nitrogens with zero attached hydrogens (tertiary/aromatic N) is 2. The molecule has 1 N–H and O–H groups in total. The Balaban J connectivity index is 1.51. The topological polar surface area (TPSA) is 81.2 Å². The second-order valence-electron chi connectivity index (χ2n) is 6.27. The van der Waals surface area contributed by atoms with Crippen molar-refractivity contribution < 1.29 is 13.6 Å². The molecule has 0 aromatic carbocycles. The molecule has 0 spiro atoms. The second-order valence-corrected chi connectivity index (χ2v) is 7.56. The third-order valence-electron chi connectivity index (χ3n) is 4.43. The van der Waals surface area contributed by atoms with E-state index < -0.39 is 0 Å². The molecular weight excluding hydrogens is 326 g/mol. The van der Waals surface area contributed by atoms with Gasteiger partial charge in [-0.3, -0.25) is 4.79 Å². The molecule has 0 aliphatic heterocycles. The van der Waals surface area contributed by atoms with Gasteiger partial charge in [0, 0.05) is 6.54 Å². The van der Waals surface area contributed by atoms with E-state index in [9.17, 15) is 4.79 Å². The SMILES string of the molecule is Cc1occc1-c1nnc(S[C@H](C)C(=O)NCC2CCCCC2)o1. The third-order valence-corrected chi connectivity index (χ3v) is 5.37. The molecule has 6 nitrogen and oxygen atoms in total. The van der Waals surface area contributed by atoms with E-state index in [4.69, 9.17) is 8.83 Å². The first-order valence-electron chi connectivity index (χ1n) is 8.46. The van der Waals surface area contributed by atoms with Crippen LogP contribution >= 0.6 is 11.8 Å². The first kappa shape index (κ1) is 17.1. The number of thioether (sulfide) groups is 1. The number of carbonyl (C=O) groups excluding carboxylic acids is 1. The Kier molecular flexibility index (Phi) is 5.60. The van der Waals surface area contributed by atoms with Gasteiger partial charge in [-0.05, 0) is 38.7 Å². The van der Waals surface area contributed by atoms with Crippen molar-refractivity contribution in [1.82, 2.24) is 15.5 Å². The maximum Gasteiger partial charge on any atom is 0.277 e. The van der Waals surface area contributed by atoms with Crippen LogP contribution in [-0.2, 0) is 4.79 Å². The van der Waals surface area contributed by atoms with Gasteiger partial charge in [0.15, 0.2) is 0 Å². The number of hydrogen-bond acceptors (Lipinski definition) is 6. The number of aryl methyl sites for hydroxylation is 1. The fourth-order valence-corrected chi connectivity index (χ4v) is 3.67. The Hall–Kier alpha value is -1.76. The van der Waals surface area contributed by atoms with E-state index in [1.807, 2.05) is 13.8 Å². The van der Waals surface area contributed by atoms with Crippen LogP contribution in [0.3, 0.4) is 0 Å². The molecule has 1 atom stereocenters. The van der Waals surface area contributed by atoms with Gasteiger partial charge in [0.2, 0.25) is 5.91 Å².